The van der Waals surface area contributed by atoms with Crippen LogP contribution in [0.1, 0.15) is 47.8 Å². The first-order valence-electron chi connectivity index (χ1n) is 9.43. The quantitative estimate of drug-likeness (QED) is 0.825. The van der Waals surface area contributed by atoms with Crippen LogP contribution in [0, 0.1) is 0 Å². The van der Waals surface area contributed by atoms with Gasteiger partial charge in [0.2, 0.25) is 0 Å². The summed E-state index contributed by atoms with van der Waals surface area (Å²) >= 11 is 0. The maximum atomic E-state index is 6.36. The third-order valence-corrected chi connectivity index (χ3v) is 4.39. The van der Waals surface area contributed by atoms with Crippen molar-refractivity contribution in [1.29, 1.82) is 0 Å². The van der Waals surface area contributed by atoms with Gasteiger partial charge in [-0.25, -0.2) is 15.0 Å². The Hall–Kier alpha value is -1.81. The van der Waals surface area contributed by atoms with Gasteiger partial charge in [-0.15, -0.1) is 0 Å². The number of imidazole rings is 1. The van der Waals surface area contributed by atoms with E-state index in [0.29, 0.717) is 23.6 Å². The molecular formula is C19H31N5O4. The molecule has 0 spiro atoms. The standard InChI is InChI=1S/C19H31N5O4/c1-18(2,3)26-8-11-13(28-19(4,5)6)14(25-7)17(27-11)24-10-23-12-15(20)21-9-22-16(12)24/h9-11,13-14,17H,8H2,1-7H3,(H2,20,21,22)/t11-,13+,14?,17-/m1/s1. The van der Waals surface area contributed by atoms with Crippen LogP contribution in [-0.2, 0) is 18.9 Å². The van der Waals surface area contributed by atoms with Crippen LogP contribution in [0.5, 0.6) is 0 Å². The average molecular weight is 393 g/mol. The van der Waals surface area contributed by atoms with Crippen LogP contribution in [0.25, 0.3) is 11.2 Å². The summed E-state index contributed by atoms with van der Waals surface area (Å²) in [6, 6.07) is 0. The number of anilines is 1. The Morgan fingerprint density at radius 1 is 1.07 bits per heavy atom. The number of nitrogen functional groups attached to an aromatic ring is 1. The number of ether oxygens (including phenoxy) is 4. The zero-order chi connectivity index (χ0) is 20.7. The molecule has 0 bridgehead atoms. The Bertz CT molecular complexity index is 811. The molecule has 3 rings (SSSR count). The molecule has 0 aromatic carbocycles. The average Bonchev–Trinajstić information content (AvgIpc) is 3.13. The van der Waals surface area contributed by atoms with Gasteiger partial charge in [0.05, 0.1) is 24.1 Å². The van der Waals surface area contributed by atoms with Gasteiger partial charge < -0.3 is 24.7 Å². The molecule has 0 saturated carbocycles. The van der Waals surface area contributed by atoms with Crippen molar-refractivity contribution < 1.29 is 18.9 Å². The van der Waals surface area contributed by atoms with Crippen LogP contribution >= 0.6 is 0 Å². The van der Waals surface area contributed by atoms with E-state index in [4.69, 9.17) is 24.7 Å². The number of methoxy groups -OCH3 is 1. The summed E-state index contributed by atoms with van der Waals surface area (Å²) in [4.78, 5) is 12.7. The molecule has 9 heteroatoms. The molecule has 2 aromatic heterocycles. The molecule has 9 nitrogen and oxygen atoms in total. The monoisotopic (exact) mass is 393 g/mol. The molecule has 0 aliphatic carbocycles. The van der Waals surface area contributed by atoms with Crippen molar-refractivity contribution in [1.82, 2.24) is 19.5 Å². The molecule has 4 atom stereocenters. The van der Waals surface area contributed by atoms with Crippen LogP contribution in [0.15, 0.2) is 12.7 Å². The SMILES string of the molecule is COC1[C@@H](OC(C)(C)C)[C@@H](COC(C)(C)C)O[C@H]1n1cnc2c(N)ncnc21. The largest absolute Gasteiger partial charge is 0.382 e. The second kappa shape index (κ2) is 7.55. The molecule has 156 valence electrons. The Morgan fingerprint density at radius 2 is 1.79 bits per heavy atom. The minimum absolute atomic E-state index is 0.292. The van der Waals surface area contributed by atoms with Crippen molar-refractivity contribution in [3.63, 3.8) is 0 Å². The highest BCUT2D eigenvalue weighted by Gasteiger charge is 2.49. The lowest BCUT2D eigenvalue weighted by atomic mass is 10.1. The van der Waals surface area contributed by atoms with E-state index in [1.165, 1.54) is 6.33 Å². The van der Waals surface area contributed by atoms with Crippen molar-refractivity contribution in [2.75, 3.05) is 19.5 Å². The lowest BCUT2D eigenvalue weighted by Gasteiger charge is -2.31. The summed E-state index contributed by atoms with van der Waals surface area (Å²) in [7, 11) is 1.65. The molecule has 2 aromatic rings. The van der Waals surface area contributed by atoms with Crippen molar-refractivity contribution in [3.05, 3.63) is 12.7 Å². The van der Waals surface area contributed by atoms with Crippen molar-refractivity contribution in [2.24, 2.45) is 0 Å². The highest BCUT2D eigenvalue weighted by molar-refractivity contribution is 5.81. The minimum atomic E-state index is -0.481. The van der Waals surface area contributed by atoms with E-state index in [1.807, 2.05) is 46.1 Å². The van der Waals surface area contributed by atoms with E-state index in [2.05, 4.69) is 15.0 Å². The molecular weight excluding hydrogens is 362 g/mol. The number of hydrogen-bond donors (Lipinski definition) is 1. The van der Waals surface area contributed by atoms with E-state index in [0.717, 1.165) is 0 Å². The molecule has 0 radical (unpaired) electrons. The summed E-state index contributed by atoms with van der Waals surface area (Å²) in [5.74, 6) is 0.325. The normalized spacial score (nSPS) is 26.2. The second-order valence-corrected chi connectivity index (χ2v) is 8.97. The fourth-order valence-electron chi connectivity index (χ4n) is 3.26. The summed E-state index contributed by atoms with van der Waals surface area (Å²) in [5, 5.41) is 0. The summed E-state index contributed by atoms with van der Waals surface area (Å²) in [5.41, 5.74) is 6.38. The molecule has 2 N–H and O–H groups in total. The number of aromatic nitrogens is 4. The number of fused-ring (bicyclic) bond motifs is 1. The second-order valence-electron chi connectivity index (χ2n) is 8.97. The molecule has 1 aliphatic rings. The first-order chi connectivity index (χ1) is 13.0. The maximum Gasteiger partial charge on any atom is 0.167 e. The predicted molar refractivity (Wildman–Crippen MR) is 105 cm³/mol. The fourth-order valence-corrected chi connectivity index (χ4v) is 3.26. The molecule has 1 fully saturated rings. The van der Waals surface area contributed by atoms with Crippen molar-refractivity contribution in [2.45, 2.75) is 77.3 Å². The third-order valence-electron chi connectivity index (χ3n) is 4.39. The fraction of sp³-hybridized carbons (Fsp3) is 0.737. The van der Waals surface area contributed by atoms with Crippen LogP contribution < -0.4 is 5.73 Å². The van der Waals surface area contributed by atoms with E-state index in [1.54, 1.807) is 13.4 Å². The Labute approximate surface area is 165 Å². The predicted octanol–water partition coefficient (Wildman–Crippen LogP) is 2.32. The summed E-state index contributed by atoms with van der Waals surface area (Å²) in [6.07, 6.45) is 1.56. The lowest BCUT2D eigenvalue weighted by Crippen LogP contribution is -2.43. The van der Waals surface area contributed by atoms with Gasteiger partial charge in [-0.1, -0.05) is 0 Å². The van der Waals surface area contributed by atoms with Gasteiger partial charge in [0.1, 0.15) is 30.2 Å². The number of rotatable bonds is 5. The topological polar surface area (TPSA) is 107 Å². The number of nitrogens with zero attached hydrogens (tertiary/aromatic N) is 4. The Kier molecular flexibility index (Phi) is 5.64. The van der Waals surface area contributed by atoms with Gasteiger partial charge in [-0.2, -0.15) is 0 Å². The molecule has 28 heavy (non-hydrogen) atoms. The van der Waals surface area contributed by atoms with Crippen LogP contribution in [0.3, 0.4) is 0 Å². The highest BCUT2D eigenvalue weighted by Crippen LogP contribution is 2.37. The van der Waals surface area contributed by atoms with E-state index < -0.39 is 6.23 Å². The summed E-state index contributed by atoms with van der Waals surface area (Å²) in [6.45, 7) is 12.4. The third kappa shape index (κ3) is 4.43. The molecule has 0 amide bonds. The maximum absolute atomic E-state index is 6.36. The highest BCUT2D eigenvalue weighted by atomic mass is 16.6. The molecule has 1 saturated heterocycles. The Morgan fingerprint density at radius 3 is 2.39 bits per heavy atom. The van der Waals surface area contributed by atoms with E-state index in [-0.39, 0.29) is 29.5 Å². The van der Waals surface area contributed by atoms with Gasteiger partial charge in [-0.05, 0) is 41.5 Å². The van der Waals surface area contributed by atoms with Gasteiger partial charge in [0.25, 0.3) is 0 Å². The van der Waals surface area contributed by atoms with Crippen LogP contribution in [-0.4, -0.2) is 62.7 Å². The van der Waals surface area contributed by atoms with Gasteiger partial charge in [-0.3, -0.25) is 4.57 Å². The van der Waals surface area contributed by atoms with Gasteiger partial charge in [0, 0.05) is 7.11 Å². The first kappa shape index (κ1) is 20.9. The van der Waals surface area contributed by atoms with Gasteiger partial charge >= 0.3 is 0 Å². The van der Waals surface area contributed by atoms with Crippen molar-refractivity contribution in [3.8, 4) is 0 Å². The molecule has 1 unspecified atom stereocenters. The molecule has 1 aliphatic heterocycles. The number of nitrogens with two attached hydrogens (primary N) is 1. The number of hydrogen-bond acceptors (Lipinski definition) is 8. The van der Waals surface area contributed by atoms with E-state index >= 15 is 0 Å². The van der Waals surface area contributed by atoms with Crippen molar-refractivity contribution >= 4 is 17.0 Å². The zero-order valence-electron chi connectivity index (χ0n) is 17.7. The van der Waals surface area contributed by atoms with Crippen LogP contribution in [0.2, 0.25) is 0 Å². The first-order valence-corrected chi connectivity index (χ1v) is 9.43. The summed E-state index contributed by atoms with van der Waals surface area (Å²) < 4.78 is 26.3. The lowest BCUT2D eigenvalue weighted by molar-refractivity contribution is -0.140. The Balaban J connectivity index is 1.95. The van der Waals surface area contributed by atoms with Gasteiger partial charge in [0.15, 0.2) is 17.7 Å². The zero-order valence-corrected chi connectivity index (χ0v) is 17.7. The molecule has 3 heterocycles. The van der Waals surface area contributed by atoms with Crippen LogP contribution in [0.4, 0.5) is 5.82 Å². The minimum Gasteiger partial charge on any atom is -0.382 e. The van der Waals surface area contributed by atoms with E-state index in [9.17, 15) is 0 Å². The smallest absolute Gasteiger partial charge is 0.167 e.